The molecule has 0 aromatic carbocycles. The molecule has 1 amide bonds. The summed E-state index contributed by atoms with van der Waals surface area (Å²) in [5.41, 5.74) is 0.0991. The van der Waals surface area contributed by atoms with Gasteiger partial charge in [0.2, 0.25) is 0 Å². The van der Waals surface area contributed by atoms with E-state index in [-0.39, 0.29) is 11.5 Å². The first-order valence-electron chi connectivity index (χ1n) is 7.67. The van der Waals surface area contributed by atoms with Gasteiger partial charge < -0.3 is 4.90 Å². The van der Waals surface area contributed by atoms with Crippen molar-refractivity contribution in [2.75, 3.05) is 32.7 Å². The Morgan fingerprint density at radius 3 is 2.61 bits per heavy atom. The lowest BCUT2D eigenvalue weighted by molar-refractivity contribution is 0.0623. The van der Waals surface area contributed by atoms with Gasteiger partial charge in [0.1, 0.15) is 5.69 Å². The number of carbonyl (C=O) groups is 1. The average molecular weight is 316 g/mol. The molecule has 0 radical (unpaired) electrons. The number of carbonyl (C=O) groups excluding carboxylic acids is 1. The van der Waals surface area contributed by atoms with Crippen molar-refractivity contribution >= 4 is 5.91 Å². The van der Waals surface area contributed by atoms with Crippen molar-refractivity contribution in [3.05, 3.63) is 46.6 Å². The second-order valence-corrected chi connectivity index (χ2v) is 5.58. The van der Waals surface area contributed by atoms with Crippen LogP contribution in [0, 0.1) is 0 Å². The molecule has 0 aliphatic carbocycles. The van der Waals surface area contributed by atoms with Crippen LogP contribution in [0.5, 0.6) is 0 Å². The molecule has 3 heterocycles. The third-order valence-electron chi connectivity index (χ3n) is 4.04. The van der Waals surface area contributed by atoms with E-state index in [1.807, 2.05) is 16.9 Å². The summed E-state index contributed by atoms with van der Waals surface area (Å²) in [7, 11) is 1.55. The van der Waals surface area contributed by atoms with Crippen molar-refractivity contribution < 1.29 is 4.79 Å². The highest BCUT2D eigenvalue weighted by Crippen LogP contribution is 2.06. The van der Waals surface area contributed by atoms with Crippen LogP contribution in [0.15, 0.2) is 35.4 Å². The maximum Gasteiger partial charge on any atom is 0.274 e. The van der Waals surface area contributed by atoms with Crippen molar-refractivity contribution in [1.29, 1.82) is 0 Å². The SMILES string of the molecule is Cn1nc(C(=O)N2CCN(CCn3cccn3)CC2)ccc1=O. The molecule has 0 N–H and O–H groups in total. The topological polar surface area (TPSA) is 76.3 Å². The van der Waals surface area contributed by atoms with Gasteiger partial charge in [0.25, 0.3) is 11.5 Å². The summed E-state index contributed by atoms with van der Waals surface area (Å²) in [5, 5.41) is 8.21. The molecule has 8 nitrogen and oxygen atoms in total. The minimum Gasteiger partial charge on any atom is -0.335 e. The van der Waals surface area contributed by atoms with E-state index in [1.165, 1.54) is 16.8 Å². The summed E-state index contributed by atoms with van der Waals surface area (Å²) in [6.45, 7) is 4.77. The highest BCUT2D eigenvalue weighted by molar-refractivity contribution is 5.92. The molecule has 23 heavy (non-hydrogen) atoms. The molecule has 0 bridgehead atoms. The van der Waals surface area contributed by atoms with E-state index < -0.39 is 0 Å². The summed E-state index contributed by atoms with van der Waals surface area (Å²) < 4.78 is 3.10. The smallest absolute Gasteiger partial charge is 0.274 e. The lowest BCUT2D eigenvalue weighted by Crippen LogP contribution is -2.49. The fourth-order valence-corrected chi connectivity index (χ4v) is 2.63. The van der Waals surface area contributed by atoms with E-state index in [1.54, 1.807) is 18.1 Å². The molecule has 0 saturated carbocycles. The molecule has 2 aromatic heterocycles. The molecule has 0 unspecified atom stereocenters. The van der Waals surface area contributed by atoms with Gasteiger partial charge in [-0.25, -0.2) is 4.68 Å². The number of hydrogen-bond donors (Lipinski definition) is 0. The van der Waals surface area contributed by atoms with Crippen LogP contribution in [0.4, 0.5) is 0 Å². The number of piperazine rings is 1. The summed E-state index contributed by atoms with van der Waals surface area (Å²) in [5.74, 6) is -0.118. The van der Waals surface area contributed by atoms with Crippen molar-refractivity contribution in [2.24, 2.45) is 7.05 Å². The fraction of sp³-hybridized carbons (Fsp3) is 0.467. The monoisotopic (exact) mass is 316 g/mol. The van der Waals surface area contributed by atoms with E-state index in [9.17, 15) is 9.59 Å². The predicted octanol–water partition coefficient (Wildman–Crippen LogP) is -0.565. The van der Waals surface area contributed by atoms with Crippen molar-refractivity contribution in [1.82, 2.24) is 29.4 Å². The highest BCUT2D eigenvalue weighted by atomic mass is 16.2. The minimum atomic E-state index is -0.218. The molecule has 3 rings (SSSR count). The Hall–Kier alpha value is -2.48. The fourth-order valence-electron chi connectivity index (χ4n) is 2.63. The first-order chi connectivity index (χ1) is 11.1. The summed E-state index contributed by atoms with van der Waals surface area (Å²) >= 11 is 0. The van der Waals surface area contributed by atoms with Gasteiger partial charge in [0, 0.05) is 58.2 Å². The summed E-state index contributed by atoms with van der Waals surface area (Å²) in [4.78, 5) is 27.9. The molecule has 0 spiro atoms. The Bertz CT molecular complexity index is 716. The van der Waals surface area contributed by atoms with Gasteiger partial charge in [-0.2, -0.15) is 10.2 Å². The third-order valence-corrected chi connectivity index (χ3v) is 4.04. The van der Waals surface area contributed by atoms with Crippen LogP contribution in [0.2, 0.25) is 0 Å². The van der Waals surface area contributed by atoms with Crippen LogP contribution in [0.1, 0.15) is 10.5 Å². The van der Waals surface area contributed by atoms with Crippen molar-refractivity contribution in [2.45, 2.75) is 6.54 Å². The van der Waals surface area contributed by atoms with Crippen LogP contribution < -0.4 is 5.56 Å². The molecule has 0 atom stereocenters. The third kappa shape index (κ3) is 3.65. The van der Waals surface area contributed by atoms with E-state index in [0.717, 1.165) is 26.2 Å². The second-order valence-electron chi connectivity index (χ2n) is 5.58. The van der Waals surface area contributed by atoms with Crippen molar-refractivity contribution in [3.8, 4) is 0 Å². The number of amides is 1. The van der Waals surface area contributed by atoms with Gasteiger partial charge in [0.15, 0.2) is 0 Å². The van der Waals surface area contributed by atoms with Gasteiger partial charge in [-0.3, -0.25) is 19.2 Å². The van der Waals surface area contributed by atoms with E-state index >= 15 is 0 Å². The molecule has 1 saturated heterocycles. The van der Waals surface area contributed by atoms with E-state index in [2.05, 4.69) is 15.1 Å². The van der Waals surface area contributed by atoms with Crippen molar-refractivity contribution in [3.63, 3.8) is 0 Å². The Morgan fingerprint density at radius 2 is 1.96 bits per heavy atom. The predicted molar refractivity (Wildman–Crippen MR) is 84.0 cm³/mol. The van der Waals surface area contributed by atoms with E-state index in [0.29, 0.717) is 18.8 Å². The molecule has 1 fully saturated rings. The Labute approximate surface area is 133 Å². The molecule has 1 aliphatic rings. The maximum absolute atomic E-state index is 12.4. The molecular weight excluding hydrogens is 296 g/mol. The van der Waals surface area contributed by atoms with Gasteiger partial charge in [-0.05, 0) is 12.1 Å². The standard InChI is InChI=1S/C15H20N6O2/c1-18-14(22)4-3-13(17-18)15(23)20-10-7-19(8-11-20)9-12-21-6-2-5-16-21/h2-6H,7-12H2,1H3. The lowest BCUT2D eigenvalue weighted by Gasteiger charge is -2.34. The molecule has 2 aromatic rings. The van der Waals surface area contributed by atoms with Crippen LogP contribution in [0.3, 0.4) is 0 Å². The zero-order valence-electron chi connectivity index (χ0n) is 13.1. The van der Waals surface area contributed by atoms with Gasteiger partial charge in [-0.1, -0.05) is 0 Å². The second kappa shape index (κ2) is 6.74. The Balaban J connectivity index is 1.52. The lowest BCUT2D eigenvalue weighted by atomic mass is 10.2. The zero-order chi connectivity index (χ0) is 16.2. The Kier molecular flexibility index (Phi) is 4.52. The van der Waals surface area contributed by atoms with Crippen LogP contribution >= 0.6 is 0 Å². The zero-order valence-corrected chi connectivity index (χ0v) is 13.1. The number of aromatic nitrogens is 4. The maximum atomic E-state index is 12.4. The molecule has 1 aliphatic heterocycles. The van der Waals surface area contributed by atoms with Gasteiger partial charge in [-0.15, -0.1) is 0 Å². The largest absolute Gasteiger partial charge is 0.335 e. The number of rotatable bonds is 4. The Morgan fingerprint density at radius 1 is 1.17 bits per heavy atom. The summed E-state index contributed by atoms with van der Waals surface area (Å²) in [6, 6.07) is 4.78. The van der Waals surface area contributed by atoms with Gasteiger partial charge in [0.05, 0.1) is 6.54 Å². The average Bonchev–Trinajstić information content (AvgIpc) is 3.09. The first-order valence-corrected chi connectivity index (χ1v) is 7.67. The van der Waals surface area contributed by atoms with Crippen LogP contribution in [0.25, 0.3) is 0 Å². The highest BCUT2D eigenvalue weighted by Gasteiger charge is 2.23. The van der Waals surface area contributed by atoms with Gasteiger partial charge >= 0.3 is 0 Å². The van der Waals surface area contributed by atoms with Crippen LogP contribution in [-0.2, 0) is 13.6 Å². The molecule has 122 valence electrons. The van der Waals surface area contributed by atoms with Crippen LogP contribution in [-0.4, -0.2) is 68.0 Å². The first kappa shape index (κ1) is 15.4. The number of aryl methyl sites for hydroxylation is 1. The summed E-state index contributed by atoms with van der Waals surface area (Å²) in [6.07, 6.45) is 3.72. The molecule has 8 heteroatoms. The molecular formula is C15H20N6O2. The number of nitrogens with zero attached hydrogens (tertiary/aromatic N) is 6. The number of hydrogen-bond acceptors (Lipinski definition) is 5. The quantitative estimate of drug-likeness (QED) is 0.755. The minimum absolute atomic E-state index is 0.118. The van der Waals surface area contributed by atoms with E-state index in [4.69, 9.17) is 0 Å². The normalized spacial score (nSPS) is 15.8.